The Morgan fingerprint density at radius 2 is 1.77 bits per heavy atom. The number of carbonyl (C=O) groups excluding carboxylic acids is 3. The zero-order chi connectivity index (χ0) is 35.5. The molecule has 2 heterocycles. The third kappa shape index (κ3) is 11.0. The molecule has 266 valence electrons. The van der Waals surface area contributed by atoms with E-state index in [1.54, 1.807) is 41.5 Å². The van der Waals surface area contributed by atoms with Crippen molar-refractivity contribution in [3.05, 3.63) is 45.9 Å². The predicted molar refractivity (Wildman–Crippen MR) is 188 cm³/mol. The molecule has 12 heteroatoms. The number of nitrogens with zero attached hydrogens (tertiary/aromatic N) is 3. The van der Waals surface area contributed by atoms with Crippen molar-refractivity contribution in [1.82, 2.24) is 25.4 Å². The Morgan fingerprint density at radius 1 is 1.08 bits per heavy atom. The highest BCUT2D eigenvalue weighted by atomic mass is 32.1. The van der Waals surface area contributed by atoms with Gasteiger partial charge < -0.3 is 25.7 Å². The van der Waals surface area contributed by atoms with E-state index in [1.165, 1.54) is 11.3 Å². The Bertz CT molecular complexity index is 1360. The van der Waals surface area contributed by atoms with Crippen molar-refractivity contribution in [2.75, 3.05) is 20.6 Å². The van der Waals surface area contributed by atoms with Crippen LogP contribution in [0.3, 0.4) is 0 Å². The van der Waals surface area contributed by atoms with E-state index in [2.05, 4.69) is 34.4 Å². The maximum atomic E-state index is 13.9. The summed E-state index contributed by atoms with van der Waals surface area (Å²) >= 11 is 1.38. The average Bonchev–Trinajstić information content (AvgIpc) is 3.53. The van der Waals surface area contributed by atoms with Crippen LogP contribution in [0.5, 0.6) is 5.75 Å². The first kappa shape index (κ1) is 38.9. The second kappa shape index (κ2) is 18.3. The summed E-state index contributed by atoms with van der Waals surface area (Å²) < 4.78 is 0. The van der Waals surface area contributed by atoms with Crippen LogP contribution >= 0.6 is 11.3 Å². The number of nitrogens with one attached hydrogen (secondary N) is 2. The number of aromatic nitrogens is 1. The third-order valence-corrected chi connectivity index (χ3v) is 10.6. The van der Waals surface area contributed by atoms with Gasteiger partial charge in [-0.05, 0) is 75.2 Å². The molecule has 0 bridgehead atoms. The molecule has 0 radical (unpaired) electrons. The summed E-state index contributed by atoms with van der Waals surface area (Å²) in [5, 5.41) is 27.7. The maximum absolute atomic E-state index is 13.9. The topological polar surface area (TPSA) is 152 Å². The fourth-order valence-electron chi connectivity index (χ4n) is 6.39. The number of phenolic OH excluding ortho intramolecular Hbond substituents is 1. The van der Waals surface area contributed by atoms with Crippen molar-refractivity contribution >= 4 is 35.0 Å². The molecule has 6 unspecified atom stereocenters. The first-order valence-corrected chi connectivity index (χ1v) is 18.1. The number of hydrogen-bond acceptors (Lipinski definition) is 8. The van der Waals surface area contributed by atoms with Gasteiger partial charge in [0.1, 0.15) is 17.5 Å². The highest BCUT2D eigenvalue weighted by molar-refractivity contribution is 7.09. The number of rotatable bonds is 17. The van der Waals surface area contributed by atoms with Gasteiger partial charge in [0.25, 0.3) is 5.91 Å². The van der Waals surface area contributed by atoms with Gasteiger partial charge in [-0.3, -0.25) is 24.1 Å². The zero-order valence-corrected chi connectivity index (χ0v) is 30.4. The van der Waals surface area contributed by atoms with E-state index in [4.69, 9.17) is 0 Å². The van der Waals surface area contributed by atoms with Gasteiger partial charge in [-0.2, -0.15) is 0 Å². The molecule has 1 aromatic heterocycles. The summed E-state index contributed by atoms with van der Waals surface area (Å²) in [5.74, 6) is -1.89. The first-order chi connectivity index (χ1) is 22.7. The number of aryl methyl sites for hydroxylation is 1. The quantitative estimate of drug-likeness (QED) is 0.187. The number of benzene rings is 1. The van der Waals surface area contributed by atoms with Gasteiger partial charge in [0.2, 0.25) is 11.8 Å². The summed E-state index contributed by atoms with van der Waals surface area (Å²) in [7, 11) is 3.78. The van der Waals surface area contributed by atoms with Crippen molar-refractivity contribution in [2.24, 2.45) is 17.8 Å². The van der Waals surface area contributed by atoms with E-state index in [9.17, 15) is 29.4 Å². The first-order valence-electron chi connectivity index (χ1n) is 17.2. The van der Waals surface area contributed by atoms with E-state index >= 15 is 0 Å². The number of carboxylic acids is 1. The molecule has 1 aliphatic heterocycles. The fraction of sp³-hybridized carbons (Fsp3) is 0.639. The van der Waals surface area contributed by atoms with E-state index in [-0.39, 0.29) is 59.5 Å². The van der Waals surface area contributed by atoms with Crippen molar-refractivity contribution in [2.45, 2.75) is 110 Å². The number of carboxylic acid groups (broad SMARTS) is 1. The minimum atomic E-state index is -0.936. The fourth-order valence-corrected chi connectivity index (χ4v) is 7.19. The van der Waals surface area contributed by atoms with Crippen LogP contribution in [-0.4, -0.2) is 93.5 Å². The molecule has 48 heavy (non-hydrogen) atoms. The van der Waals surface area contributed by atoms with Gasteiger partial charge >= 0.3 is 5.97 Å². The van der Waals surface area contributed by atoms with Gasteiger partial charge in [0.15, 0.2) is 0 Å². The molecule has 1 fully saturated rings. The van der Waals surface area contributed by atoms with Gasteiger partial charge in [-0.1, -0.05) is 59.6 Å². The highest BCUT2D eigenvalue weighted by Crippen LogP contribution is 2.23. The molecule has 2 aromatic rings. The van der Waals surface area contributed by atoms with Crippen molar-refractivity contribution < 1.29 is 29.4 Å². The summed E-state index contributed by atoms with van der Waals surface area (Å²) in [6, 6.07) is 5.25. The van der Waals surface area contributed by atoms with Crippen LogP contribution in [0.2, 0.25) is 0 Å². The molecule has 3 amide bonds. The molecule has 1 saturated heterocycles. The highest BCUT2D eigenvalue weighted by Gasteiger charge is 2.35. The van der Waals surface area contributed by atoms with Crippen molar-refractivity contribution in [3.8, 4) is 5.75 Å². The molecule has 6 atom stereocenters. The van der Waals surface area contributed by atoms with Crippen molar-refractivity contribution in [3.63, 3.8) is 0 Å². The number of phenols is 1. The number of likely N-dealkylation sites (N-methyl/N-ethyl adjacent to an activating group) is 2. The Kier molecular flexibility index (Phi) is 14.8. The third-order valence-electron chi connectivity index (χ3n) is 9.72. The molecular formula is C36H55N5O6S. The van der Waals surface area contributed by atoms with Crippen LogP contribution in [0.15, 0.2) is 29.6 Å². The van der Waals surface area contributed by atoms with Gasteiger partial charge in [0.05, 0.1) is 17.0 Å². The second-order valence-electron chi connectivity index (χ2n) is 13.8. The second-order valence-corrected chi connectivity index (χ2v) is 14.7. The standard InChI is InChI=1S/C36H55N5O6S/c1-8-23(4)32(39-34(44)30-11-9-10-18-40(30)6)35(45)41(7)29(22(2)3)16-17-31-38-28(21-48-31)33(43)37-26(19-24(5)36(46)47)20-25-12-14-27(42)15-13-25/h12-15,21-24,26,29-30,32,42H,8-11,16-20H2,1-7H3,(H,37,43)(H,39,44)(H,46,47). The molecule has 3 rings (SSSR count). The van der Waals surface area contributed by atoms with Crippen LogP contribution < -0.4 is 10.6 Å². The number of carbonyl (C=O) groups is 4. The van der Waals surface area contributed by atoms with Crippen molar-refractivity contribution in [1.29, 1.82) is 0 Å². The molecular weight excluding hydrogens is 630 g/mol. The van der Waals surface area contributed by atoms with Crippen LogP contribution in [0.1, 0.15) is 94.2 Å². The Morgan fingerprint density at radius 3 is 2.38 bits per heavy atom. The van der Waals surface area contributed by atoms with Crippen LogP contribution in [0, 0.1) is 17.8 Å². The number of piperidine rings is 1. The van der Waals surface area contributed by atoms with Gasteiger partial charge in [-0.25, -0.2) is 4.98 Å². The molecule has 0 spiro atoms. The summed E-state index contributed by atoms with van der Waals surface area (Å²) in [6.45, 7) is 10.7. The Balaban J connectivity index is 1.66. The lowest BCUT2D eigenvalue weighted by atomic mass is 9.93. The largest absolute Gasteiger partial charge is 0.508 e. The Hall–Kier alpha value is -3.51. The molecule has 1 aliphatic rings. The zero-order valence-electron chi connectivity index (χ0n) is 29.6. The van der Waals surface area contributed by atoms with Crippen LogP contribution in [0.4, 0.5) is 0 Å². The van der Waals surface area contributed by atoms with E-state index in [0.717, 1.165) is 42.8 Å². The number of aromatic hydroxyl groups is 1. The number of thiazole rings is 1. The molecule has 0 saturated carbocycles. The van der Waals surface area contributed by atoms with Crippen LogP contribution in [-0.2, 0) is 27.2 Å². The monoisotopic (exact) mass is 685 g/mol. The number of likely N-dealkylation sites (tertiary alicyclic amines) is 1. The summed E-state index contributed by atoms with van der Waals surface area (Å²) in [6.07, 6.45) is 5.49. The minimum Gasteiger partial charge on any atom is -0.508 e. The lowest BCUT2D eigenvalue weighted by Crippen LogP contribution is -2.57. The molecule has 0 aliphatic carbocycles. The van der Waals surface area contributed by atoms with Gasteiger partial charge in [-0.15, -0.1) is 11.3 Å². The van der Waals surface area contributed by atoms with E-state index in [0.29, 0.717) is 19.3 Å². The predicted octanol–water partition coefficient (Wildman–Crippen LogP) is 4.73. The molecule has 1 aromatic carbocycles. The average molecular weight is 686 g/mol. The lowest BCUT2D eigenvalue weighted by molar-refractivity contribution is -0.141. The van der Waals surface area contributed by atoms with E-state index < -0.39 is 24.0 Å². The van der Waals surface area contributed by atoms with Gasteiger partial charge in [0, 0.05) is 30.9 Å². The molecule has 4 N–H and O–H groups in total. The minimum absolute atomic E-state index is 0.0259. The number of aliphatic carboxylic acids is 1. The summed E-state index contributed by atoms with van der Waals surface area (Å²) in [4.78, 5) is 60.5. The number of amides is 3. The SMILES string of the molecule is CCC(C)C(NC(=O)C1CCCCN1C)C(=O)N(C)C(CCc1nc(C(=O)NC(Cc2ccc(O)cc2)CC(C)C(=O)O)cs1)C(C)C. The van der Waals surface area contributed by atoms with E-state index in [1.807, 2.05) is 27.9 Å². The summed E-state index contributed by atoms with van der Waals surface area (Å²) in [5.41, 5.74) is 1.14. The Labute approximate surface area is 289 Å². The number of hydrogen-bond donors (Lipinski definition) is 4. The lowest BCUT2D eigenvalue weighted by Gasteiger charge is -2.37. The maximum Gasteiger partial charge on any atom is 0.306 e. The molecule has 11 nitrogen and oxygen atoms in total. The normalized spacial score (nSPS) is 18.4. The smallest absolute Gasteiger partial charge is 0.306 e. The van der Waals surface area contributed by atoms with Crippen LogP contribution in [0.25, 0.3) is 0 Å².